The van der Waals surface area contributed by atoms with Crippen LogP contribution in [0.2, 0.25) is 4.34 Å². The molecule has 2 aromatic heterocycles. The Labute approximate surface area is 132 Å². The number of halogens is 4. The minimum atomic E-state index is -4.51. The van der Waals surface area contributed by atoms with Crippen molar-refractivity contribution in [3.63, 3.8) is 0 Å². The van der Waals surface area contributed by atoms with Crippen LogP contribution in [0.5, 0.6) is 0 Å². The molecule has 9 heteroatoms. The van der Waals surface area contributed by atoms with E-state index in [1.54, 1.807) is 11.4 Å². The Kier molecular flexibility index (Phi) is 3.90. The van der Waals surface area contributed by atoms with Gasteiger partial charge in [-0.15, -0.1) is 11.3 Å². The molecule has 118 valence electrons. The number of amides is 1. The maximum atomic E-state index is 12.9. The Balaban J connectivity index is 1.78. The summed E-state index contributed by atoms with van der Waals surface area (Å²) in [6.45, 7) is 0. The highest BCUT2D eigenvalue weighted by Crippen LogP contribution is 2.36. The van der Waals surface area contributed by atoms with Gasteiger partial charge in [0.25, 0.3) is 0 Å². The van der Waals surface area contributed by atoms with Gasteiger partial charge in [0.05, 0.1) is 5.69 Å². The van der Waals surface area contributed by atoms with Crippen molar-refractivity contribution in [2.24, 2.45) is 5.92 Å². The van der Waals surface area contributed by atoms with E-state index in [9.17, 15) is 18.0 Å². The largest absolute Gasteiger partial charge is 0.435 e. The number of hydrogen-bond acceptors (Lipinski definition) is 3. The van der Waals surface area contributed by atoms with E-state index in [2.05, 4.69) is 15.5 Å². The number of fused-ring (bicyclic) bond motifs is 1. The molecule has 0 fully saturated rings. The lowest BCUT2D eigenvalue weighted by atomic mass is 9.85. The van der Waals surface area contributed by atoms with Gasteiger partial charge in [-0.3, -0.25) is 9.89 Å². The van der Waals surface area contributed by atoms with Gasteiger partial charge in [0.15, 0.2) is 5.69 Å². The number of aromatic amines is 1. The molecule has 0 aromatic carbocycles. The van der Waals surface area contributed by atoms with Gasteiger partial charge in [-0.05, 0) is 30.7 Å². The summed E-state index contributed by atoms with van der Waals surface area (Å²) in [5, 5.41) is 10.2. The first-order valence-corrected chi connectivity index (χ1v) is 7.79. The number of carbonyl (C=O) groups excluding carboxylic acids is 1. The highest BCUT2D eigenvalue weighted by Gasteiger charge is 2.40. The van der Waals surface area contributed by atoms with Crippen molar-refractivity contribution >= 4 is 34.5 Å². The molecule has 1 atom stereocenters. The number of anilines is 1. The molecule has 0 spiro atoms. The van der Waals surface area contributed by atoms with Crippen molar-refractivity contribution in [3.8, 4) is 0 Å². The maximum absolute atomic E-state index is 12.9. The fraction of sp³-hybridized carbons (Fsp3) is 0.385. The zero-order valence-corrected chi connectivity index (χ0v) is 12.7. The van der Waals surface area contributed by atoms with Crippen LogP contribution in [-0.4, -0.2) is 16.1 Å². The minimum absolute atomic E-state index is 0.0221. The Bertz CT molecular complexity index is 710. The molecule has 4 nitrogen and oxygen atoms in total. The molecule has 2 aromatic rings. The molecule has 2 N–H and O–H groups in total. The average molecular weight is 350 g/mol. The summed E-state index contributed by atoms with van der Waals surface area (Å²) in [7, 11) is 0. The highest BCUT2D eigenvalue weighted by atomic mass is 35.5. The number of carbonyl (C=O) groups is 1. The second-order valence-electron chi connectivity index (χ2n) is 5.06. The molecular formula is C13H11ClF3N3OS. The SMILES string of the molecule is O=C(Nc1ccsc1Cl)[C@H]1CCc2[nH]nc(C(F)(F)F)c2C1. The second-order valence-corrected chi connectivity index (χ2v) is 6.58. The monoisotopic (exact) mass is 349 g/mol. The number of hydrogen-bond donors (Lipinski definition) is 2. The smallest absolute Gasteiger partial charge is 0.324 e. The van der Waals surface area contributed by atoms with Crippen molar-refractivity contribution < 1.29 is 18.0 Å². The van der Waals surface area contributed by atoms with Crippen molar-refractivity contribution in [1.82, 2.24) is 10.2 Å². The predicted octanol–water partition coefficient (Wildman–Crippen LogP) is 3.89. The summed E-state index contributed by atoms with van der Waals surface area (Å²) in [5.74, 6) is -0.845. The van der Waals surface area contributed by atoms with Crippen LogP contribution in [0.25, 0.3) is 0 Å². The van der Waals surface area contributed by atoms with Gasteiger partial charge in [0, 0.05) is 17.2 Å². The third-order valence-corrected chi connectivity index (χ3v) is 4.83. The Morgan fingerprint density at radius 2 is 2.27 bits per heavy atom. The summed E-state index contributed by atoms with van der Waals surface area (Å²) in [5.41, 5.74) is 0.125. The summed E-state index contributed by atoms with van der Waals surface area (Å²) >= 11 is 7.19. The minimum Gasteiger partial charge on any atom is -0.324 e. The zero-order valence-electron chi connectivity index (χ0n) is 11.1. The first-order valence-electron chi connectivity index (χ1n) is 6.53. The first kappa shape index (κ1) is 15.4. The maximum Gasteiger partial charge on any atom is 0.435 e. The molecule has 1 aliphatic rings. The molecule has 0 radical (unpaired) electrons. The van der Waals surface area contributed by atoms with Crippen LogP contribution >= 0.6 is 22.9 Å². The van der Waals surface area contributed by atoms with Gasteiger partial charge in [-0.1, -0.05) is 11.6 Å². The Morgan fingerprint density at radius 3 is 2.91 bits per heavy atom. The number of aromatic nitrogens is 2. The van der Waals surface area contributed by atoms with Crippen molar-refractivity contribution in [2.45, 2.75) is 25.4 Å². The van der Waals surface area contributed by atoms with Crippen LogP contribution in [0.1, 0.15) is 23.4 Å². The molecule has 1 aliphatic carbocycles. The summed E-state index contributed by atoms with van der Waals surface area (Å²) in [6, 6.07) is 1.66. The molecule has 0 saturated heterocycles. The van der Waals surface area contributed by atoms with E-state index < -0.39 is 17.8 Å². The molecule has 22 heavy (non-hydrogen) atoms. The van der Waals surface area contributed by atoms with Crippen LogP contribution in [0.15, 0.2) is 11.4 Å². The molecule has 3 rings (SSSR count). The Morgan fingerprint density at radius 1 is 1.50 bits per heavy atom. The van der Waals surface area contributed by atoms with Gasteiger partial charge in [0.1, 0.15) is 4.34 Å². The van der Waals surface area contributed by atoms with Gasteiger partial charge < -0.3 is 5.32 Å². The van der Waals surface area contributed by atoms with Gasteiger partial charge in [-0.25, -0.2) is 0 Å². The van der Waals surface area contributed by atoms with E-state index >= 15 is 0 Å². The fourth-order valence-corrected chi connectivity index (χ4v) is 3.40. The lowest BCUT2D eigenvalue weighted by Crippen LogP contribution is -2.28. The first-order chi connectivity index (χ1) is 10.4. The van der Waals surface area contributed by atoms with Crippen LogP contribution in [-0.2, 0) is 23.8 Å². The van der Waals surface area contributed by atoms with E-state index in [0.29, 0.717) is 28.6 Å². The van der Waals surface area contributed by atoms with E-state index in [-0.39, 0.29) is 17.9 Å². The lowest BCUT2D eigenvalue weighted by Gasteiger charge is -2.22. The summed E-state index contributed by atoms with van der Waals surface area (Å²) < 4.78 is 39.1. The van der Waals surface area contributed by atoms with E-state index in [4.69, 9.17) is 11.6 Å². The zero-order chi connectivity index (χ0) is 15.9. The van der Waals surface area contributed by atoms with Gasteiger partial charge >= 0.3 is 6.18 Å². The van der Waals surface area contributed by atoms with Crippen LogP contribution in [0, 0.1) is 5.92 Å². The normalized spacial score (nSPS) is 18.1. The predicted molar refractivity (Wildman–Crippen MR) is 77.1 cm³/mol. The highest BCUT2D eigenvalue weighted by molar-refractivity contribution is 7.15. The summed E-state index contributed by atoms with van der Waals surface area (Å²) in [6.07, 6.45) is -3.65. The molecule has 0 saturated carbocycles. The van der Waals surface area contributed by atoms with Crippen LogP contribution in [0.3, 0.4) is 0 Å². The molecule has 0 bridgehead atoms. The van der Waals surface area contributed by atoms with E-state index in [1.165, 1.54) is 11.3 Å². The van der Waals surface area contributed by atoms with Crippen molar-refractivity contribution in [1.29, 1.82) is 0 Å². The number of alkyl halides is 3. The van der Waals surface area contributed by atoms with Crippen molar-refractivity contribution in [3.05, 3.63) is 32.7 Å². The Hall–Kier alpha value is -1.54. The fourth-order valence-electron chi connectivity index (χ4n) is 2.57. The third-order valence-electron chi connectivity index (χ3n) is 3.66. The van der Waals surface area contributed by atoms with E-state index in [0.717, 1.165) is 0 Å². The number of H-pyrrole nitrogens is 1. The number of thiophene rings is 1. The van der Waals surface area contributed by atoms with Crippen LogP contribution in [0.4, 0.5) is 18.9 Å². The number of nitrogens with zero attached hydrogens (tertiary/aromatic N) is 1. The quantitative estimate of drug-likeness (QED) is 0.864. The van der Waals surface area contributed by atoms with Gasteiger partial charge in [0.2, 0.25) is 5.91 Å². The number of nitrogens with one attached hydrogen (secondary N) is 2. The van der Waals surface area contributed by atoms with E-state index in [1.807, 2.05) is 0 Å². The average Bonchev–Trinajstić information content (AvgIpc) is 3.04. The molecule has 1 amide bonds. The van der Waals surface area contributed by atoms with Crippen LogP contribution < -0.4 is 5.32 Å². The molecule has 0 unspecified atom stereocenters. The standard InChI is InChI=1S/C13H11ClF3N3OS/c14-11-9(3-4-22-11)18-12(21)6-1-2-8-7(5-6)10(20-19-8)13(15,16)17/h3-4,6H,1-2,5H2,(H,18,21)(H,19,20)/t6-/m0/s1. The topological polar surface area (TPSA) is 57.8 Å². The summed E-state index contributed by atoms with van der Waals surface area (Å²) in [4.78, 5) is 12.2. The van der Waals surface area contributed by atoms with Gasteiger partial charge in [-0.2, -0.15) is 18.3 Å². The molecular weight excluding hydrogens is 339 g/mol. The number of aryl methyl sites for hydroxylation is 1. The number of rotatable bonds is 2. The third kappa shape index (κ3) is 2.85. The van der Waals surface area contributed by atoms with Crippen molar-refractivity contribution in [2.75, 3.05) is 5.32 Å². The second kappa shape index (κ2) is 5.58. The molecule has 0 aliphatic heterocycles. The molecule has 2 heterocycles. The lowest BCUT2D eigenvalue weighted by molar-refractivity contribution is -0.142.